The molecular weight excluding hydrogens is 480 g/mol. The average Bonchev–Trinajstić information content (AvgIpc) is 3.33. The predicted octanol–water partition coefficient (Wildman–Crippen LogP) is 10.9. The van der Waals surface area contributed by atoms with Gasteiger partial charge in [-0.05, 0) is 117 Å². The Kier molecular flexibility index (Phi) is 5.21. The summed E-state index contributed by atoms with van der Waals surface area (Å²) in [6.07, 6.45) is 0. The maximum atomic E-state index is 2.37. The summed E-state index contributed by atoms with van der Waals surface area (Å²) in [5, 5.41) is 0. The molecule has 2 aliphatic carbocycles. The summed E-state index contributed by atoms with van der Waals surface area (Å²) in [6.45, 7) is 18.8. The first-order valence-corrected chi connectivity index (χ1v) is 14.6. The lowest BCUT2D eigenvalue weighted by Crippen LogP contribution is -2.14. The van der Waals surface area contributed by atoms with E-state index in [1.807, 2.05) is 0 Å². The Morgan fingerprint density at radius 3 is 1.00 bits per heavy atom. The van der Waals surface area contributed by atoms with Gasteiger partial charge in [-0.25, -0.2) is 0 Å². The standard InChI is InChI=1S/C40H38/c1-23-24(2)36(30-18-14-22-34-38(30)28-16-10-12-20-32(28)40(34,7)8)26(4)25(3)35(23)29-17-13-21-33-37(29)27-15-9-11-19-31(27)39(33,5)6/h9-22H,1-8H3. The van der Waals surface area contributed by atoms with Crippen molar-refractivity contribution >= 4 is 0 Å². The molecule has 7 rings (SSSR count). The SMILES string of the molecule is Cc1c(C)c(-c2cccc3c2-c2ccccc2C3(C)C)c(C)c(C)c1-c1cccc2c1-c1ccccc1C2(C)C. The minimum absolute atomic E-state index is 0.00143. The second-order valence-electron chi connectivity index (χ2n) is 13.0. The van der Waals surface area contributed by atoms with E-state index in [1.165, 1.54) is 89.0 Å². The number of fused-ring (bicyclic) bond motifs is 6. The second kappa shape index (κ2) is 8.31. The van der Waals surface area contributed by atoms with Crippen molar-refractivity contribution in [2.75, 3.05) is 0 Å². The van der Waals surface area contributed by atoms with Crippen LogP contribution in [0.5, 0.6) is 0 Å². The third-order valence-corrected chi connectivity index (χ3v) is 10.4. The van der Waals surface area contributed by atoms with Gasteiger partial charge < -0.3 is 0 Å². The van der Waals surface area contributed by atoms with Crippen molar-refractivity contribution in [3.05, 3.63) is 129 Å². The summed E-state index contributed by atoms with van der Waals surface area (Å²) in [5.41, 5.74) is 22.4. The summed E-state index contributed by atoms with van der Waals surface area (Å²) in [5.74, 6) is 0. The van der Waals surface area contributed by atoms with Gasteiger partial charge in [-0.2, -0.15) is 0 Å². The quantitative estimate of drug-likeness (QED) is 0.218. The molecule has 0 heterocycles. The third-order valence-electron chi connectivity index (χ3n) is 10.4. The van der Waals surface area contributed by atoms with Crippen molar-refractivity contribution in [1.29, 1.82) is 0 Å². The summed E-state index contributed by atoms with van der Waals surface area (Å²) in [6, 6.07) is 31.9. The molecule has 0 bridgehead atoms. The zero-order valence-corrected chi connectivity index (χ0v) is 25.1. The molecule has 0 atom stereocenters. The minimum Gasteiger partial charge on any atom is -0.0619 e. The van der Waals surface area contributed by atoms with Gasteiger partial charge in [0.05, 0.1) is 0 Å². The fraction of sp³-hybridized carbons (Fsp3) is 0.250. The molecule has 5 aromatic carbocycles. The molecule has 40 heavy (non-hydrogen) atoms. The van der Waals surface area contributed by atoms with Crippen molar-refractivity contribution < 1.29 is 0 Å². The Morgan fingerprint density at radius 1 is 0.325 bits per heavy atom. The maximum Gasteiger partial charge on any atom is 0.0159 e. The van der Waals surface area contributed by atoms with Crippen molar-refractivity contribution in [1.82, 2.24) is 0 Å². The smallest absolute Gasteiger partial charge is 0.0159 e. The molecule has 0 heteroatoms. The molecule has 0 fully saturated rings. The lowest BCUT2D eigenvalue weighted by molar-refractivity contribution is 0.660. The van der Waals surface area contributed by atoms with Gasteiger partial charge in [-0.15, -0.1) is 0 Å². The molecule has 0 nitrogen and oxygen atoms in total. The van der Waals surface area contributed by atoms with Crippen LogP contribution in [0.15, 0.2) is 84.9 Å². The second-order valence-corrected chi connectivity index (χ2v) is 13.0. The minimum atomic E-state index is -0.00143. The van der Waals surface area contributed by atoms with Gasteiger partial charge in [-0.1, -0.05) is 113 Å². The maximum absolute atomic E-state index is 2.37. The third kappa shape index (κ3) is 3.08. The number of hydrogen-bond acceptors (Lipinski definition) is 0. The van der Waals surface area contributed by atoms with Crippen molar-refractivity contribution in [2.24, 2.45) is 0 Å². The molecule has 0 aliphatic heterocycles. The Balaban J connectivity index is 1.51. The van der Waals surface area contributed by atoms with E-state index in [0.717, 1.165) is 0 Å². The highest BCUT2D eigenvalue weighted by atomic mass is 14.4. The van der Waals surface area contributed by atoms with Crippen LogP contribution in [0.3, 0.4) is 0 Å². The summed E-state index contributed by atoms with van der Waals surface area (Å²) >= 11 is 0. The lowest BCUT2D eigenvalue weighted by atomic mass is 9.78. The summed E-state index contributed by atoms with van der Waals surface area (Å²) in [4.78, 5) is 0. The molecule has 0 N–H and O–H groups in total. The van der Waals surface area contributed by atoms with E-state index in [2.05, 4.69) is 140 Å². The monoisotopic (exact) mass is 518 g/mol. The van der Waals surface area contributed by atoms with Gasteiger partial charge >= 0.3 is 0 Å². The summed E-state index contributed by atoms with van der Waals surface area (Å²) in [7, 11) is 0. The molecule has 2 aliphatic rings. The molecule has 0 saturated heterocycles. The van der Waals surface area contributed by atoms with Gasteiger partial charge in [0.1, 0.15) is 0 Å². The molecular formula is C40H38. The molecule has 0 unspecified atom stereocenters. The largest absolute Gasteiger partial charge is 0.0619 e. The Bertz CT molecular complexity index is 1710. The van der Waals surface area contributed by atoms with E-state index in [-0.39, 0.29) is 10.8 Å². The van der Waals surface area contributed by atoms with Gasteiger partial charge in [0.25, 0.3) is 0 Å². The van der Waals surface area contributed by atoms with Crippen LogP contribution in [-0.4, -0.2) is 0 Å². The number of benzene rings is 5. The van der Waals surface area contributed by atoms with E-state index in [4.69, 9.17) is 0 Å². The van der Waals surface area contributed by atoms with Crippen LogP contribution in [0.2, 0.25) is 0 Å². The van der Waals surface area contributed by atoms with Crippen molar-refractivity contribution in [3.63, 3.8) is 0 Å². The number of hydrogen-bond donors (Lipinski definition) is 0. The molecule has 0 aromatic heterocycles. The highest BCUT2D eigenvalue weighted by molar-refractivity contribution is 5.98. The van der Waals surface area contributed by atoms with Crippen LogP contribution >= 0.6 is 0 Å². The van der Waals surface area contributed by atoms with Crippen LogP contribution in [0, 0.1) is 27.7 Å². The Morgan fingerprint density at radius 2 is 0.625 bits per heavy atom. The first kappa shape index (κ1) is 25.1. The molecule has 198 valence electrons. The van der Waals surface area contributed by atoms with Crippen molar-refractivity contribution in [2.45, 2.75) is 66.2 Å². The Hall–Kier alpha value is -3.90. The van der Waals surface area contributed by atoms with Crippen LogP contribution in [0.25, 0.3) is 44.5 Å². The van der Waals surface area contributed by atoms with E-state index in [9.17, 15) is 0 Å². The van der Waals surface area contributed by atoms with Crippen LogP contribution in [0.4, 0.5) is 0 Å². The van der Waals surface area contributed by atoms with E-state index < -0.39 is 0 Å². The van der Waals surface area contributed by atoms with E-state index in [1.54, 1.807) is 0 Å². The van der Waals surface area contributed by atoms with Crippen LogP contribution in [-0.2, 0) is 10.8 Å². The van der Waals surface area contributed by atoms with E-state index >= 15 is 0 Å². The molecule has 0 saturated carbocycles. The van der Waals surface area contributed by atoms with Gasteiger partial charge in [0, 0.05) is 10.8 Å². The number of rotatable bonds is 2. The normalized spacial score (nSPS) is 15.4. The summed E-state index contributed by atoms with van der Waals surface area (Å²) < 4.78 is 0. The van der Waals surface area contributed by atoms with Crippen LogP contribution < -0.4 is 0 Å². The fourth-order valence-electron chi connectivity index (χ4n) is 8.05. The predicted molar refractivity (Wildman–Crippen MR) is 171 cm³/mol. The lowest BCUT2D eigenvalue weighted by Gasteiger charge is -2.25. The zero-order chi connectivity index (χ0) is 28.1. The van der Waals surface area contributed by atoms with E-state index in [0.29, 0.717) is 0 Å². The fourth-order valence-corrected chi connectivity index (χ4v) is 8.05. The Labute approximate surface area is 239 Å². The van der Waals surface area contributed by atoms with Crippen molar-refractivity contribution in [3.8, 4) is 44.5 Å². The molecule has 0 radical (unpaired) electrons. The molecule has 0 amide bonds. The average molecular weight is 519 g/mol. The topological polar surface area (TPSA) is 0 Å². The highest BCUT2D eigenvalue weighted by Crippen LogP contribution is 2.55. The van der Waals surface area contributed by atoms with Crippen LogP contribution in [0.1, 0.15) is 72.2 Å². The molecule has 0 spiro atoms. The van der Waals surface area contributed by atoms with Gasteiger partial charge in [-0.3, -0.25) is 0 Å². The highest BCUT2D eigenvalue weighted by Gasteiger charge is 2.39. The van der Waals surface area contributed by atoms with Gasteiger partial charge in [0.15, 0.2) is 0 Å². The molecule has 5 aromatic rings. The first-order valence-electron chi connectivity index (χ1n) is 14.6. The first-order chi connectivity index (χ1) is 19.1. The van der Waals surface area contributed by atoms with Gasteiger partial charge in [0.2, 0.25) is 0 Å². The zero-order valence-electron chi connectivity index (χ0n) is 25.1.